The summed E-state index contributed by atoms with van der Waals surface area (Å²) in [4.78, 5) is 12.5. The second-order valence-corrected chi connectivity index (χ2v) is 5.79. The van der Waals surface area contributed by atoms with Crippen LogP contribution < -0.4 is 0 Å². The molecule has 0 aliphatic heterocycles. The lowest BCUT2D eigenvalue weighted by Crippen LogP contribution is -2.07. The van der Waals surface area contributed by atoms with Crippen LogP contribution >= 0.6 is 0 Å². The van der Waals surface area contributed by atoms with Gasteiger partial charge in [-0.1, -0.05) is 97.1 Å². The van der Waals surface area contributed by atoms with Crippen LogP contribution in [0.25, 0.3) is 6.08 Å². The molecule has 1 nitrogen and oxygen atoms in total. The predicted molar refractivity (Wildman–Crippen MR) is 99.8 cm³/mol. The average Bonchev–Trinajstić information content (AvgIpc) is 2.67. The minimum Gasteiger partial charge on any atom is -0.295 e. The molecule has 0 aliphatic carbocycles. The molecule has 0 saturated heterocycles. The minimum atomic E-state index is 0.0836. The van der Waals surface area contributed by atoms with Crippen molar-refractivity contribution < 1.29 is 4.79 Å². The maximum absolute atomic E-state index is 12.5. The first-order valence-electron chi connectivity index (χ1n) is 8.19. The van der Waals surface area contributed by atoms with E-state index in [0.717, 1.165) is 5.56 Å². The largest absolute Gasteiger partial charge is 0.295 e. The molecule has 1 heteroatoms. The highest BCUT2D eigenvalue weighted by Gasteiger charge is 2.16. The van der Waals surface area contributed by atoms with Crippen LogP contribution in [0.2, 0.25) is 0 Å². The Hall–Kier alpha value is -2.93. The van der Waals surface area contributed by atoms with Crippen LogP contribution in [-0.2, 0) is 4.79 Å². The van der Waals surface area contributed by atoms with Gasteiger partial charge in [-0.3, -0.25) is 4.79 Å². The molecule has 0 amide bonds. The lowest BCUT2D eigenvalue weighted by atomic mass is 9.87. The van der Waals surface area contributed by atoms with Gasteiger partial charge >= 0.3 is 0 Å². The lowest BCUT2D eigenvalue weighted by Gasteiger charge is -2.16. The number of hydrogen-bond acceptors (Lipinski definition) is 1. The number of allylic oxidation sites excluding steroid dienone is 1. The molecule has 0 N–H and O–H groups in total. The zero-order valence-electron chi connectivity index (χ0n) is 13.5. The molecule has 0 spiro atoms. The first kappa shape index (κ1) is 15.9. The Morgan fingerprint density at radius 3 is 1.67 bits per heavy atom. The van der Waals surface area contributed by atoms with Crippen molar-refractivity contribution in [3.63, 3.8) is 0 Å². The van der Waals surface area contributed by atoms with E-state index in [0.29, 0.717) is 6.42 Å². The lowest BCUT2D eigenvalue weighted by molar-refractivity contribution is -0.114. The molecule has 0 bridgehead atoms. The fourth-order valence-electron chi connectivity index (χ4n) is 2.82. The van der Waals surface area contributed by atoms with Crippen LogP contribution in [0.4, 0.5) is 0 Å². The van der Waals surface area contributed by atoms with Gasteiger partial charge in [-0.2, -0.15) is 0 Å². The number of hydrogen-bond donors (Lipinski definition) is 0. The van der Waals surface area contributed by atoms with Crippen LogP contribution in [-0.4, -0.2) is 5.78 Å². The van der Waals surface area contributed by atoms with Crippen molar-refractivity contribution in [2.75, 3.05) is 0 Å². The monoisotopic (exact) mass is 312 g/mol. The molecule has 0 saturated carbocycles. The predicted octanol–water partition coefficient (Wildman–Crippen LogP) is 5.49. The molecule has 0 radical (unpaired) electrons. The third-order valence-electron chi connectivity index (χ3n) is 4.07. The molecule has 3 aromatic rings. The molecular formula is C23H20O. The summed E-state index contributed by atoms with van der Waals surface area (Å²) >= 11 is 0. The number of rotatable bonds is 6. The topological polar surface area (TPSA) is 17.1 Å². The van der Waals surface area contributed by atoms with Crippen molar-refractivity contribution in [1.82, 2.24) is 0 Å². The maximum atomic E-state index is 12.5. The van der Waals surface area contributed by atoms with E-state index in [4.69, 9.17) is 0 Å². The zero-order chi connectivity index (χ0) is 16.6. The van der Waals surface area contributed by atoms with Gasteiger partial charge in [0.1, 0.15) is 0 Å². The van der Waals surface area contributed by atoms with Gasteiger partial charge in [0, 0.05) is 12.3 Å². The summed E-state index contributed by atoms with van der Waals surface area (Å²) in [5.74, 6) is 0.219. The number of carbonyl (C=O) groups is 1. The second kappa shape index (κ2) is 8.07. The van der Waals surface area contributed by atoms with Gasteiger partial charge in [0.25, 0.3) is 0 Å². The molecule has 0 atom stereocenters. The Bertz CT molecular complexity index is 750. The molecule has 0 fully saturated rings. The van der Waals surface area contributed by atoms with Crippen LogP contribution in [0.15, 0.2) is 97.1 Å². The minimum absolute atomic E-state index is 0.0836. The summed E-state index contributed by atoms with van der Waals surface area (Å²) < 4.78 is 0. The van der Waals surface area contributed by atoms with E-state index in [2.05, 4.69) is 24.3 Å². The molecule has 0 unspecified atom stereocenters. The van der Waals surface area contributed by atoms with Crippen molar-refractivity contribution >= 4 is 11.9 Å². The molecule has 0 aromatic heterocycles. The fraction of sp³-hybridized carbons (Fsp3) is 0.0870. The van der Waals surface area contributed by atoms with Gasteiger partial charge in [-0.25, -0.2) is 0 Å². The molecule has 118 valence electrons. The van der Waals surface area contributed by atoms with Crippen molar-refractivity contribution in [2.24, 2.45) is 0 Å². The third-order valence-corrected chi connectivity index (χ3v) is 4.07. The molecule has 3 aromatic carbocycles. The van der Waals surface area contributed by atoms with Crippen LogP contribution in [0.5, 0.6) is 0 Å². The Kier molecular flexibility index (Phi) is 5.36. The zero-order valence-corrected chi connectivity index (χ0v) is 13.5. The quantitative estimate of drug-likeness (QED) is 0.550. The van der Waals surface area contributed by atoms with Gasteiger partial charge in [0.15, 0.2) is 5.78 Å². The summed E-state index contributed by atoms with van der Waals surface area (Å²) in [6, 6.07) is 30.4. The maximum Gasteiger partial charge on any atom is 0.156 e. The standard InChI is InChI=1S/C23H20O/c24-22(17-16-19-10-4-1-5-11-19)18-23(20-12-6-2-7-13-20)21-14-8-3-9-15-21/h1-17,23H,18H2/b17-16+. The third kappa shape index (κ3) is 4.30. The van der Waals surface area contributed by atoms with E-state index < -0.39 is 0 Å². The highest BCUT2D eigenvalue weighted by atomic mass is 16.1. The fourth-order valence-corrected chi connectivity index (χ4v) is 2.82. The van der Waals surface area contributed by atoms with E-state index in [-0.39, 0.29) is 11.7 Å². The summed E-state index contributed by atoms with van der Waals surface area (Å²) in [7, 11) is 0. The van der Waals surface area contributed by atoms with E-state index in [1.54, 1.807) is 6.08 Å². The van der Waals surface area contributed by atoms with Gasteiger partial charge in [0.05, 0.1) is 0 Å². The van der Waals surface area contributed by atoms with Gasteiger partial charge in [0.2, 0.25) is 0 Å². The first-order valence-corrected chi connectivity index (χ1v) is 8.19. The number of carbonyl (C=O) groups excluding carboxylic acids is 1. The van der Waals surface area contributed by atoms with E-state index in [9.17, 15) is 4.79 Å². The van der Waals surface area contributed by atoms with E-state index in [1.807, 2.05) is 72.8 Å². The van der Waals surface area contributed by atoms with Crippen molar-refractivity contribution in [3.8, 4) is 0 Å². The van der Waals surface area contributed by atoms with Crippen LogP contribution in [0.3, 0.4) is 0 Å². The van der Waals surface area contributed by atoms with Crippen LogP contribution in [0, 0.1) is 0 Å². The summed E-state index contributed by atoms with van der Waals surface area (Å²) in [5, 5.41) is 0. The molecular weight excluding hydrogens is 292 g/mol. The normalized spacial score (nSPS) is 11.0. The smallest absolute Gasteiger partial charge is 0.156 e. The highest BCUT2D eigenvalue weighted by Crippen LogP contribution is 2.28. The van der Waals surface area contributed by atoms with E-state index >= 15 is 0 Å². The Morgan fingerprint density at radius 1 is 0.708 bits per heavy atom. The van der Waals surface area contributed by atoms with Gasteiger partial charge in [-0.05, 0) is 22.8 Å². The Labute approximate surface area is 143 Å². The second-order valence-electron chi connectivity index (χ2n) is 5.79. The SMILES string of the molecule is O=C(/C=C/c1ccccc1)CC(c1ccccc1)c1ccccc1. The van der Waals surface area contributed by atoms with Crippen molar-refractivity contribution in [2.45, 2.75) is 12.3 Å². The van der Waals surface area contributed by atoms with Gasteiger partial charge < -0.3 is 0 Å². The number of benzene rings is 3. The molecule has 24 heavy (non-hydrogen) atoms. The Balaban J connectivity index is 1.80. The highest BCUT2D eigenvalue weighted by molar-refractivity contribution is 5.94. The summed E-state index contributed by atoms with van der Waals surface area (Å²) in [6.07, 6.45) is 4.04. The van der Waals surface area contributed by atoms with Crippen molar-refractivity contribution in [3.05, 3.63) is 114 Å². The molecule has 0 aliphatic rings. The first-order chi connectivity index (χ1) is 11.8. The summed E-state index contributed by atoms with van der Waals surface area (Å²) in [5.41, 5.74) is 3.39. The Morgan fingerprint density at radius 2 is 1.17 bits per heavy atom. The van der Waals surface area contributed by atoms with Crippen molar-refractivity contribution in [1.29, 1.82) is 0 Å². The molecule has 3 rings (SSSR count). The van der Waals surface area contributed by atoms with Crippen LogP contribution in [0.1, 0.15) is 29.0 Å². The average molecular weight is 312 g/mol. The molecule has 0 heterocycles. The van der Waals surface area contributed by atoms with E-state index in [1.165, 1.54) is 11.1 Å². The number of ketones is 1. The van der Waals surface area contributed by atoms with Gasteiger partial charge in [-0.15, -0.1) is 0 Å². The summed E-state index contributed by atoms with van der Waals surface area (Å²) in [6.45, 7) is 0.